The molecule has 0 bridgehead atoms. The molecule has 0 radical (unpaired) electrons. The first-order chi connectivity index (χ1) is 8.29. The van der Waals surface area contributed by atoms with Gasteiger partial charge in [-0.3, -0.25) is 4.98 Å². The van der Waals surface area contributed by atoms with E-state index in [0.29, 0.717) is 0 Å². The number of nitrogens with zero attached hydrogens (tertiary/aromatic N) is 1. The first-order valence-electron chi connectivity index (χ1n) is 5.62. The lowest BCUT2D eigenvalue weighted by Gasteiger charge is -2.15. The molecule has 0 fully saturated rings. The van der Waals surface area contributed by atoms with Crippen molar-refractivity contribution in [3.63, 3.8) is 0 Å². The zero-order valence-electron chi connectivity index (χ0n) is 9.73. The quantitative estimate of drug-likeness (QED) is 0.873. The summed E-state index contributed by atoms with van der Waals surface area (Å²) in [5.41, 5.74) is 2.09. The molecule has 1 N–H and O–H groups in total. The van der Waals surface area contributed by atoms with Gasteiger partial charge in [0, 0.05) is 6.20 Å². The highest BCUT2D eigenvalue weighted by Gasteiger charge is 2.10. The van der Waals surface area contributed by atoms with Crippen molar-refractivity contribution in [2.45, 2.75) is 12.5 Å². The predicted octanol–water partition coefficient (Wildman–Crippen LogP) is 2.72. The Morgan fingerprint density at radius 3 is 2.53 bits per heavy atom. The molecule has 0 amide bonds. The summed E-state index contributed by atoms with van der Waals surface area (Å²) < 4.78 is 12.8. The molecule has 0 aliphatic heterocycles. The summed E-state index contributed by atoms with van der Waals surface area (Å²) in [4.78, 5) is 4.33. The van der Waals surface area contributed by atoms with E-state index in [9.17, 15) is 4.39 Å². The number of nitrogens with one attached hydrogen (secondary N) is 1. The summed E-state index contributed by atoms with van der Waals surface area (Å²) in [5, 5.41) is 3.23. The summed E-state index contributed by atoms with van der Waals surface area (Å²) >= 11 is 0. The zero-order chi connectivity index (χ0) is 12.1. The van der Waals surface area contributed by atoms with Gasteiger partial charge in [0.05, 0.1) is 11.7 Å². The van der Waals surface area contributed by atoms with Crippen molar-refractivity contribution in [2.75, 3.05) is 7.05 Å². The Bertz CT molecular complexity index is 453. The number of hydrogen-bond donors (Lipinski definition) is 1. The number of pyridine rings is 1. The molecule has 1 unspecified atom stereocenters. The molecule has 0 saturated heterocycles. The number of rotatable bonds is 4. The monoisotopic (exact) mass is 230 g/mol. The second kappa shape index (κ2) is 5.55. The van der Waals surface area contributed by atoms with E-state index in [1.807, 2.05) is 37.4 Å². The summed E-state index contributed by atoms with van der Waals surface area (Å²) in [7, 11) is 1.91. The molecule has 1 aromatic heterocycles. The van der Waals surface area contributed by atoms with Crippen molar-refractivity contribution < 1.29 is 4.39 Å². The van der Waals surface area contributed by atoms with Gasteiger partial charge in [0.25, 0.3) is 0 Å². The maximum atomic E-state index is 12.8. The fraction of sp³-hybridized carbons (Fsp3) is 0.214. The van der Waals surface area contributed by atoms with Crippen LogP contribution in [0.4, 0.5) is 4.39 Å². The van der Waals surface area contributed by atoms with Gasteiger partial charge in [-0.1, -0.05) is 18.2 Å². The third-order valence-corrected chi connectivity index (χ3v) is 2.75. The van der Waals surface area contributed by atoms with E-state index < -0.39 is 0 Å². The zero-order valence-corrected chi connectivity index (χ0v) is 9.73. The Morgan fingerprint density at radius 2 is 1.94 bits per heavy atom. The van der Waals surface area contributed by atoms with E-state index >= 15 is 0 Å². The van der Waals surface area contributed by atoms with Gasteiger partial charge < -0.3 is 5.32 Å². The van der Waals surface area contributed by atoms with Gasteiger partial charge in [-0.05, 0) is 43.3 Å². The van der Waals surface area contributed by atoms with Crippen LogP contribution in [0.15, 0.2) is 48.7 Å². The molecule has 2 aromatic rings. The third kappa shape index (κ3) is 3.11. The Kier molecular flexibility index (Phi) is 3.83. The van der Waals surface area contributed by atoms with Crippen LogP contribution in [0.1, 0.15) is 17.3 Å². The van der Waals surface area contributed by atoms with Gasteiger partial charge in [0.2, 0.25) is 0 Å². The molecular formula is C14H15FN2. The second-order valence-electron chi connectivity index (χ2n) is 3.93. The highest BCUT2D eigenvalue weighted by molar-refractivity contribution is 5.20. The summed E-state index contributed by atoms with van der Waals surface area (Å²) in [6.45, 7) is 0. The van der Waals surface area contributed by atoms with Crippen LogP contribution >= 0.6 is 0 Å². The van der Waals surface area contributed by atoms with Gasteiger partial charge in [0.1, 0.15) is 5.82 Å². The van der Waals surface area contributed by atoms with E-state index in [2.05, 4.69) is 10.3 Å². The van der Waals surface area contributed by atoms with Crippen molar-refractivity contribution in [1.82, 2.24) is 10.3 Å². The van der Waals surface area contributed by atoms with Crippen molar-refractivity contribution in [1.29, 1.82) is 0 Å². The second-order valence-corrected chi connectivity index (χ2v) is 3.93. The molecule has 2 rings (SSSR count). The maximum Gasteiger partial charge on any atom is 0.123 e. The van der Waals surface area contributed by atoms with Crippen LogP contribution < -0.4 is 5.32 Å². The van der Waals surface area contributed by atoms with Crippen LogP contribution in [0.2, 0.25) is 0 Å². The van der Waals surface area contributed by atoms with Crippen LogP contribution in [0.5, 0.6) is 0 Å². The Labute approximate surface area is 101 Å². The molecule has 1 atom stereocenters. The lowest BCUT2D eigenvalue weighted by atomic mass is 10.0. The van der Waals surface area contributed by atoms with Crippen molar-refractivity contribution >= 4 is 0 Å². The SMILES string of the molecule is CNC(Cc1ccc(F)cc1)c1ccccn1. The average molecular weight is 230 g/mol. The fourth-order valence-corrected chi connectivity index (χ4v) is 1.79. The third-order valence-electron chi connectivity index (χ3n) is 2.75. The standard InChI is InChI=1S/C14H15FN2/c1-16-14(13-4-2-3-9-17-13)10-11-5-7-12(15)8-6-11/h2-9,14,16H,10H2,1H3. The van der Waals surface area contributed by atoms with Gasteiger partial charge in [-0.2, -0.15) is 0 Å². The molecule has 1 aromatic carbocycles. The van der Waals surface area contributed by atoms with Crippen LogP contribution in [0, 0.1) is 5.82 Å². The van der Waals surface area contributed by atoms with Crippen LogP contribution in [-0.2, 0) is 6.42 Å². The summed E-state index contributed by atoms with van der Waals surface area (Å²) in [5.74, 6) is -0.201. The summed E-state index contributed by atoms with van der Waals surface area (Å²) in [6.07, 6.45) is 2.58. The molecule has 2 nitrogen and oxygen atoms in total. The minimum Gasteiger partial charge on any atom is -0.311 e. The van der Waals surface area contributed by atoms with E-state index in [1.165, 1.54) is 12.1 Å². The molecule has 0 saturated carbocycles. The van der Waals surface area contributed by atoms with Crippen LogP contribution in [0.3, 0.4) is 0 Å². The molecule has 0 spiro atoms. The fourth-order valence-electron chi connectivity index (χ4n) is 1.79. The van der Waals surface area contributed by atoms with Crippen LogP contribution in [0.25, 0.3) is 0 Å². The first-order valence-corrected chi connectivity index (χ1v) is 5.62. The minimum atomic E-state index is -0.201. The predicted molar refractivity (Wildman–Crippen MR) is 66.1 cm³/mol. The van der Waals surface area contributed by atoms with Crippen molar-refractivity contribution in [3.05, 3.63) is 65.7 Å². The average Bonchev–Trinajstić information content (AvgIpc) is 2.39. The Morgan fingerprint density at radius 1 is 1.18 bits per heavy atom. The lowest BCUT2D eigenvalue weighted by molar-refractivity contribution is 0.574. The highest BCUT2D eigenvalue weighted by atomic mass is 19.1. The molecule has 0 aliphatic rings. The normalized spacial score (nSPS) is 12.4. The number of aromatic nitrogens is 1. The summed E-state index contributed by atoms with van der Waals surface area (Å²) in [6, 6.07) is 12.6. The maximum absolute atomic E-state index is 12.8. The molecule has 3 heteroatoms. The molecule has 17 heavy (non-hydrogen) atoms. The molecule has 88 valence electrons. The van der Waals surface area contributed by atoms with Gasteiger partial charge in [0.15, 0.2) is 0 Å². The molecule has 1 heterocycles. The van der Waals surface area contributed by atoms with Crippen molar-refractivity contribution in [2.24, 2.45) is 0 Å². The largest absolute Gasteiger partial charge is 0.311 e. The number of likely N-dealkylation sites (N-methyl/N-ethyl adjacent to an activating group) is 1. The van der Waals surface area contributed by atoms with E-state index in [0.717, 1.165) is 17.7 Å². The van der Waals surface area contributed by atoms with E-state index in [1.54, 1.807) is 6.20 Å². The topological polar surface area (TPSA) is 24.9 Å². The lowest BCUT2D eigenvalue weighted by Crippen LogP contribution is -2.19. The number of benzene rings is 1. The smallest absolute Gasteiger partial charge is 0.123 e. The van der Waals surface area contributed by atoms with Gasteiger partial charge in [-0.15, -0.1) is 0 Å². The first kappa shape index (κ1) is 11.7. The Hall–Kier alpha value is -1.74. The van der Waals surface area contributed by atoms with Gasteiger partial charge in [-0.25, -0.2) is 4.39 Å². The number of halogens is 1. The van der Waals surface area contributed by atoms with Gasteiger partial charge >= 0.3 is 0 Å². The molecular weight excluding hydrogens is 215 g/mol. The number of hydrogen-bond acceptors (Lipinski definition) is 2. The van der Waals surface area contributed by atoms with E-state index in [4.69, 9.17) is 0 Å². The van der Waals surface area contributed by atoms with E-state index in [-0.39, 0.29) is 11.9 Å². The minimum absolute atomic E-state index is 0.154. The van der Waals surface area contributed by atoms with Crippen LogP contribution in [-0.4, -0.2) is 12.0 Å². The Balaban J connectivity index is 2.13. The highest BCUT2D eigenvalue weighted by Crippen LogP contribution is 2.16. The van der Waals surface area contributed by atoms with Crippen molar-refractivity contribution in [3.8, 4) is 0 Å². The molecule has 0 aliphatic carbocycles.